The second kappa shape index (κ2) is 7.42. The molecular formula is C18H16ClN4O3S+. The molecule has 0 aliphatic heterocycles. The fourth-order valence-corrected chi connectivity index (χ4v) is 3.89. The minimum atomic E-state index is -3.99. The smallest absolute Gasteiger partial charge is 0.247 e. The summed E-state index contributed by atoms with van der Waals surface area (Å²) in [6, 6.07) is 12.9. The molecule has 138 valence electrons. The fraction of sp³-hybridized carbons (Fsp3) is 0.111. The molecule has 0 saturated carbocycles. The second-order valence-corrected chi connectivity index (χ2v) is 7.97. The fourth-order valence-electron chi connectivity index (χ4n) is 2.72. The molecule has 0 unspecified atom stereocenters. The molecule has 0 bridgehead atoms. The van der Waals surface area contributed by atoms with Crippen LogP contribution in [0.3, 0.4) is 0 Å². The number of anilines is 1. The molecule has 0 saturated heterocycles. The van der Waals surface area contributed by atoms with E-state index in [1.54, 1.807) is 11.2 Å². The molecule has 0 aliphatic carbocycles. The Labute approximate surface area is 161 Å². The molecule has 7 nitrogen and oxygen atoms in total. The zero-order valence-corrected chi connectivity index (χ0v) is 16.1. The number of sulfonamides is 1. The monoisotopic (exact) mass is 403 g/mol. The normalized spacial score (nSPS) is 11.2. The summed E-state index contributed by atoms with van der Waals surface area (Å²) in [4.78, 5) is 18.9. The van der Waals surface area contributed by atoms with Gasteiger partial charge in [0.25, 0.3) is 15.7 Å². The number of nitrogens with zero attached hydrogens (tertiary/aromatic N) is 2. The van der Waals surface area contributed by atoms with Gasteiger partial charge in [-0.1, -0.05) is 35.9 Å². The quantitative estimate of drug-likeness (QED) is 0.637. The molecular weight excluding hydrogens is 388 g/mol. The van der Waals surface area contributed by atoms with E-state index in [1.165, 1.54) is 24.3 Å². The van der Waals surface area contributed by atoms with Crippen LogP contribution in [-0.2, 0) is 10.0 Å². The van der Waals surface area contributed by atoms with Gasteiger partial charge in [0, 0.05) is 33.8 Å². The summed E-state index contributed by atoms with van der Waals surface area (Å²) in [5.74, 6) is -0.152. The van der Waals surface area contributed by atoms with Gasteiger partial charge >= 0.3 is 0 Å². The lowest BCUT2D eigenvalue weighted by atomic mass is 10.00. The Bertz CT molecular complexity index is 1110. The van der Waals surface area contributed by atoms with Crippen molar-refractivity contribution in [3.63, 3.8) is 0 Å². The van der Waals surface area contributed by atoms with Crippen LogP contribution in [0.15, 0.2) is 53.4 Å². The maximum Gasteiger partial charge on any atom is 0.264 e. The Morgan fingerprint density at radius 2 is 1.67 bits per heavy atom. The van der Waals surface area contributed by atoms with Gasteiger partial charge < -0.3 is 0 Å². The Morgan fingerprint density at radius 3 is 2.33 bits per heavy atom. The van der Waals surface area contributed by atoms with Crippen LogP contribution in [0.1, 0.15) is 11.1 Å². The first-order chi connectivity index (χ1) is 12.8. The zero-order valence-electron chi connectivity index (χ0n) is 14.5. The number of rotatable bonds is 5. The van der Waals surface area contributed by atoms with Gasteiger partial charge in [-0.2, -0.15) is 0 Å². The van der Waals surface area contributed by atoms with Gasteiger partial charge in [0.15, 0.2) is 0 Å². The van der Waals surface area contributed by atoms with E-state index in [0.29, 0.717) is 5.69 Å². The van der Waals surface area contributed by atoms with E-state index < -0.39 is 10.0 Å². The van der Waals surface area contributed by atoms with Crippen molar-refractivity contribution in [1.82, 2.24) is 9.97 Å². The SMILES string of the molecule is Cc1cccc(C)c1-c1cc(Cl)nc(NS(=O)(=O)c2cccc([NH+]=O)c2)n1. The first-order valence-electron chi connectivity index (χ1n) is 7.92. The predicted octanol–water partition coefficient (Wildman–Crippen LogP) is 2.69. The maximum absolute atomic E-state index is 12.6. The highest BCUT2D eigenvalue weighted by Gasteiger charge is 2.19. The molecule has 0 radical (unpaired) electrons. The number of benzene rings is 2. The number of hydrogen-bond donors (Lipinski definition) is 2. The molecule has 3 aromatic rings. The Kier molecular flexibility index (Phi) is 5.20. The van der Waals surface area contributed by atoms with Crippen LogP contribution >= 0.6 is 11.6 Å². The van der Waals surface area contributed by atoms with E-state index in [0.717, 1.165) is 16.7 Å². The summed E-state index contributed by atoms with van der Waals surface area (Å²) in [5, 5.41) is 1.77. The molecule has 2 aromatic carbocycles. The van der Waals surface area contributed by atoms with Crippen molar-refractivity contribution >= 4 is 33.3 Å². The Balaban J connectivity index is 2.03. The third kappa shape index (κ3) is 4.12. The third-order valence-electron chi connectivity index (χ3n) is 3.92. The first kappa shape index (κ1) is 18.9. The minimum absolute atomic E-state index is 0.0967. The second-order valence-electron chi connectivity index (χ2n) is 5.90. The van der Waals surface area contributed by atoms with Gasteiger partial charge in [0.2, 0.25) is 5.95 Å². The van der Waals surface area contributed by atoms with E-state index in [4.69, 9.17) is 11.6 Å². The zero-order chi connectivity index (χ0) is 19.6. The van der Waals surface area contributed by atoms with Gasteiger partial charge in [0.1, 0.15) is 5.15 Å². The van der Waals surface area contributed by atoms with Crippen LogP contribution in [0.2, 0.25) is 5.15 Å². The molecule has 9 heteroatoms. The number of hydrogen-bond acceptors (Lipinski definition) is 5. The Morgan fingerprint density at radius 1 is 1.00 bits per heavy atom. The molecule has 0 aliphatic rings. The lowest BCUT2D eigenvalue weighted by Crippen LogP contribution is -2.55. The van der Waals surface area contributed by atoms with Crippen LogP contribution in [0.5, 0.6) is 0 Å². The standard InChI is InChI=1S/C18H15ClN4O3S/c1-11-5-3-6-12(2)17(11)15-10-16(19)21-18(20-15)23-27(25,26)14-8-4-7-13(9-14)22-24/h3-10H,1-2H3,(H,20,21,23)/p+1. The highest BCUT2D eigenvalue weighted by molar-refractivity contribution is 7.92. The van der Waals surface area contributed by atoms with E-state index in [-0.39, 0.29) is 21.7 Å². The molecule has 27 heavy (non-hydrogen) atoms. The molecule has 2 N–H and O–H groups in total. The maximum atomic E-state index is 12.6. The topological polar surface area (TPSA) is 103 Å². The summed E-state index contributed by atoms with van der Waals surface area (Å²) in [5.41, 5.74) is 3.46. The number of aromatic nitrogens is 2. The van der Waals surface area contributed by atoms with Gasteiger partial charge in [0.05, 0.1) is 10.6 Å². The van der Waals surface area contributed by atoms with Crippen molar-refractivity contribution in [3.05, 3.63) is 69.7 Å². The molecule has 0 fully saturated rings. The largest absolute Gasteiger partial charge is 0.264 e. The molecule has 1 aromatic heterocycles. The van der Waals surface area contributed by atoms with Crippen molar-refractivity contribution in [3.8, 4) is 11.3 Å². The minimum Gasteiger partial charge on any atom is -0.247 e. The molecule has 0 amide bonds. The number of nitrogens with one attached hydrogen (secondary N) is 2. The average molecular weight is 404 g/mol. The first-order valence-corrected chi connectivity index (χ1v) is 9.78. The highest BCUT2D eigenvalue weighted by Crippen LogP contribution is 2.28. The van der Waals surface area contributed by atoms with Crippen LogP contribution in [0.25, 0.3) is 11.3 Å². The predicted molar refractivity (Wildman–Crippen MR) is 103 cm³/mol. The van der Waals surface area contributed by atoms with Crippen LogP contribution in [-0.4, -0.2) is 18.4 Å². The third-order valence-corrected chi connectivity index (χ3v) is 5.44. The summed E-state index contributed by atoms with van der Waals surface area (Å²) in [6.45, 7) is 3.87. The van der Waals surface area contributed by atoms with Crippen molar-refractivity contribution in [2.45, 2.75) is 18.7 Å². The van der Waals surface area contributed by atoms with Crippen LogP contribution in [0, 0.1) is 18.8 Å². The van der Waals surface area contributed by atoms with Crippen molar-refractivity contribution in [1.29, 1.82) is 0 Å². The highest BCUT2D eigenvalue weighted by atomic mass is 35.5. The van der Waals surface area contributed by atoms with Crippen LogP contribution < -0.4 is 9.90 Å². The van der Waals surface area contributed by atoms with Crippen molar-refractivity contribution in [2.24, 2.45) is 0 Å². The number of nitroso groups, excluding NO2 is 1. The van der Waals surface area contributed by atoms with E-state index in [2.05, 4.69) is 14.7 Å². The van der Waals surface area contributed by atoms with Gasteiger partial charge in [-0.25, -0.2) is 23.1 Å². The van der Waals surface area contributed by atoms with E-state index in [9.17, 15) is 13.3 Å². The van der Waals surface area contributed by atoms with E-state index in [1.807, 2.05) is 32.0 Å². The van der Waals surface area contributed by atoms with Gasteiger partial charge in [-0.05, 0) is 31.0 Å². The lowest BCUT2D eigenvalue weighted by molar-refractivity contribution is -0.379. The van der Waals surface area contributed by atoms with Crippen LogP contribution in [0.4, 0.5) is 11.6 Å². The van der Waals surface area contributed by atoms with E-state index >= 15 is 0 Å². The molecule has 0 spiro atoms. The summed E-state index contributed by atoms with van der Waals surface area (Å²) in [7, 11) is -3.99. The van der Waals surface area contributed by atoms with Crippen molar-refractivity contribution in [2.75, 3.05) is 4.72 Å². The molecule has 0 atom stereocenters. The molecule has 3 rings (SSSR count). The van der Waals surface area contributed by atoms with Crippen molar-refractivity contribution < 1.29 is 13.6 Å². The average Bonchev–Trinajstić information content (AvgIpc) is 2.61. The van der Waals surface area contributed by atoms with Gasteiger partial charge in [-0.3, -0.25) is 0 Å². The van der Waals surface area contributed by atoms with Gasteiger partial charge in [-0.15, -0.1) is 0 Å². The summed E-state index contributed by atoms with van der Waals surface area (Å²) < 4.78 is 27.5. The lowest BCUT2D eigenvalue weighted by Gasteiger charge is -2.12. The molecule has 1 heterocycles. The number of aryl methyl sites for hydroxylation is 2. The summed E-state index contributed by atoms with van der Waals surface area (Å²) in [6.07, 6.45) is 0. The number of halogens is 1. The Hall–Kier alpha value is -2.84. The summed E-state index contributed by atoms with van der Waals surface area (Å²) >= 11 is 6.09.